The highest BCUT2D eigenvalue weighted by Gasteiger charge is 2.36. The third-order valence-corrected chi connectivity index (χ3v) is 6.42. The summed E-state index contributed by atoms with van der Waals surface area (Å²) >= 11 is 1.51. The molecule has 29 heavy (non-hydrogen) atoms. The molecule has 1 aromatic heterocycles. The van der Waals surface area contributed by atoms with E-state index in [0.29, 0.717) is 5.92 Å². The molecule has 0 bridgehead atoms. The molecule has 2 atom stereocenters. The van der Waals surface area contributed by atoms with Gasteiger partial charge in [-0.25, -0.2) is 0 Å². The third kappa shape index (κ3) is 4.33. The zero-order valence-electron chi connectivity index (χ0n) is 16.5. The van der Waals surface area contributed by atoms with Crippen LogP contribution in [0.2, 0.25) is 0 Å². The Morgan fingerprint density at radius 2 is 2.07 bits per heavy atom. The standard InChI is InChI=1S/C20H25N7OS/c1-14-12-17(18(28)23-7-6-21)27(13-14)20-25-24-19(29-20)15-2-4-16(5-3-15)26-10-8-22-9-11-26/h2-5,14,17,22H,7-13H2,1H3,(H,23,28)/t14-,17-/m0/s1. The second-order valence-corrected chi connectivity index (χ2v) is 8.51. The summed E-state index contributed by atoms with van der Waals surface area (Å²) in [5, 5.41) is 25.1. The maximum absolute atomic E-state index is 12.4. The first-order valence-corrected chi connectivity index (χ1v) is 10.8. The molecule has 2 fully saturated rings. The molecular weight excluding hydrogens is 386 g/mol. The molecule has 1 aromatic carbocycles. The molecule has 152 valence electrons. The highest BCUT2D eigenvalue weighted by Crippen LogP contribution is 2.35. The van der Waals surface area contributed by atoms with Crippen molar-refractivity contribution >= 4 is 28.1 Å². The number of carbonyl (C=O) groups is 1. The minimum absolute atomic E-state index is 0.0261. The van der Waals surface area contributed by atoms with Gasteiger partial charge in [-0.2, -0.15) is 5.26 Å². The lowest BCUT2D eigenvalue weighted by Crippen LogP contribution is -2.43. The van der Waals surface area contributed by atoms with Gasteiger partial charge in [0.15, 0.2) is 0 Å². The van der Waals surface area contributed by atoms with E-state index in [4.69, 9.17) is 5.26 Å². The van der Waals surface area contributed by atoms with Gasteiger partial charge in [0.1, 0.15) is 17.6 Å². The molecule has 0 spiro atoms. The summed E-state index contributed by atoms with van der Waals surface area (Å²) in [6.07, 6.45) is 0.756. The van der Waals surface area contributed by atoms with Gasteiger partial charge in [-0.1, -0.05) is 18.3 Å². The number of amides is 1. The van der Waals surface area contributed by atoms with Crippen LogP contribution in [0.4, 0.5) is 10.8 Å². The SMILES string of the molecule is C[C@H]1C[C@@H](C(=O)NCC#N)N(c2nnc(-c3ccc(N4CCNCC4)cc3)s2)C1. The average molecular weight is 412 g/mol. The quantitative estimate of drug-likeness (QED) is 0.719. The van der Waals surface area contributed by atoms with Gasteiger partial charge < -0.3 is 20.4 Å². The average Bonchev–Trinajstić information content (AvgIpc) is 3.39. The smallest absolute Gasteiger partial charge is 0.243 e. The molecule has 1 amide bonds. The number of rotatable bonds is 5. The lowest BCUT2D eigenvalue weighted by molar-refractivity contribution is -0.122. The molecule has 0 unspecified atom stereocenters. The first kappa shape index (κ1) is 19.6. The number of nitriles is 1. The second-order valence-electron chi connectivity index (χ2n) is 7.56. The first-order valence-electron chi connectivity index (χ1n) is 9.96. The third-order valence-electron chi connectivity index (χ3n) is 5.41. The topological polar surface area (TPSA) is 97.2 Å². The Balaban J connectivity index is 1.48. The van der Waals surface area contributed by atoms with Gasteiger partial charge in [0, 0.05) is 44.0 Å². The van der Waals surface area contributed by atoms with E-state index in [1.165, 1.54) is 17.0 Å². The van der Waals surface area contributed by atoms with Crippen molar-refractivity contribution in [2.75, 3.05) is 49.1 Å². The summed E-state index contributed by atoms with van der Waals surface area (Å²) in [5.41, 5.74) is 2.26. The predicted octanol–water partition coefficient (Wildman–Crippen LogP) is 1.47. The normalized spacial score (nSPS) is 21.8. The van der Waals surface area contributed by atoms with Gasteiger partial charge in [0.2, 0.25) is 11.0 Å². The zero-order chi connectivity index (χ0) is 20.2. The van der Waals surface area contributed by atoms with Crippen LogP contribution in [0.25, 0.3) is 10.6 Å². The highest BCUT2D eigenvalue weighted by molar-refractivity contribution is 7.18. The molecule has 0 aliphatic carbocycles. The monoisotopic (exact) mass is 411 g/mol. The van der Waals surface area contributed by atoms with Crippen LogP contribution >= 0.6 is 11.3 Å². The lowest BCUT2D eigenvalue weighted by atomic mass is 10.1. The van der Waals surface area contributed by atoms with Gasteiger partial charge in [-0.3, -0.25) is 4.79 Å². The molecule has 0 radical (unpaired) electrons. The number of piperazine rings is 1. The van der Waals surface area contributed by atoms with Crippen LogP contribution < -0.4 is 20.4 Å². The zero-order valence-corrected chi connectivity index (χ0v) is 17.3. The fraction of sp³-hybridized carbons (Fsp3) is 0.500. The summed E-state index contributed by atoms with van der Waals surface area (Å²) in [4.78, 5) is 16.8. The van der Waals surface area contributed by atoms with Crippen molar-refractivity contribution in [1.29, 1.82) is 5.26 Å². The molecule has 2 aliphatic heterocycles. The van der Waals surface area contributed by atoms with Crippen LogP contribution in [0.1, 0.15) is 13.3 Å². The number of anilines is 2. The van der Waals surface area contributed by atoms with Crippen LogP contribution in [-0.4, -0.2) is 61.4 Å². The van der Waals surface area contributed by atoms with Crippen LogP contribution in [-0.2, 0) is 4.79 Å². The Hall–Kier alpha value is -2.70. The van der Waals surface area contributed by atoms with Crippen molar-refractivity contribution in [3.05, 3.63) is 24.3 Å². The summed E-state index contributed by atoms with van der Waals surface area (Å²) in [5.74, 6) is 0.270. The van der Waals surface area contributed by atoms with Crippen molar-refractivity contribution in [2.45, 2.75) is 19.4 Å². The summed E-state index contributed by atoms with van der Waals surface area (Å²) < 4.78 is 0. The number of benzene rings is 1. The van der Waals surface area contributed by atoms with E-state index in [1.807, 2.05) is 11.0 Å². The molecular formula is C20H25N7OS. The van der Waals surface area contributed by atoms with Gasteiger partial charge in [-0.05, 0) is 36.6 Å². The Morgan fingerprint density at radius 3 is 2.79 bits per heavy atom. The van der Waals surface area contributed by atoms with Crippen LogP contribution in [0.3, 0.4) is 0 Å². The molecule has 2 saturated heterocycles. The van der Waals surface area contributed by atoms with Crippen LogP contribution in [0, 0.1) is 17.2 Å². The van der Waals surface area contributed by atoms with E-state index >= 15 is 0 Å². The number of hydrogen-bond donors (Lipinski definition) is 2. The second kappa shape index (κ2) is 8.76. The highest BCUT2D eigenvalue weighted by atomic mass is 32.1. The minimum Gasteiger partial charge on any atom is -0.369 e. The van der Waals surface area contributed by atoms with E-state index in [2.05, 4.69) is 56.9 Å². The molecule has 2 aliphatic rings. The first-order chi connectivity index (χ1) is 14.2. The van der Waals surface area contributed by atoms with Crippen molar-refractivity contribution in [1.82, 2.24) is 20.8 Å². The molecule has 3 heterocycles. The number of hydrogen-bond acceptors (Lipinski definition) is 8. The van der Waals surface area contributed by atoms with E-state index in [0.717, 1.165) is 54.8 Å². The number of nitrogens with one attached hydrogen (secondary N) is 2. The molecule has 0 saturated carbocycles. The van der Waals surface area contributed by atoms with Crippen LogP contribution in [0.15, 0.2) is 24.3 Å². The number of aromatic nitrogens is 2. The fourth-order valence-corrected chi connectivity index (χ4v) is 4.85. The predicted molar refractivity (Wildman–Crippen MR) is 114 cm³/mol. The molecule has 4 rings (SSSR count). The van der Waals surface area contributed by atoms with E-state index in [1.54, 1.807) is 0 Å². The maximum atomic E-state index is 12.4. The van der Waals surface area contributed by atoms with Crippen molar-refractivity contribution in [3.63, 3.8) is 0 Å². The van der Waals surface area contributed by atoms with Gasteiger partial charge >= 0.3 is 0 Å². The van der Waals surface area contributed by atoms with Crippen molar-refractivity contribution < 1.29 is 4.79 Å². The van der Waals surface area contributed by atoms with Gasteiger partial charge in [0.25, 0.3) is 0 Å². The lowest BCUT2D eigenvalue weighted by Gasteiger charge is -2.29. The van der Waals surface area contributed by atoms with E-state index in [-0.39, 0.29) is 18.5 Å². The van der Waals surface area contributed by atoms with E-state index in [9.17, 15) is 4.79 Å². The Labute approximate surface area is 174 Å². The summed E-state index contributed by atoms with van der Waals surface area (Å²) in [6, 6.07) is 10.1. The molecule has 8 nitrogen and oxygen atoms in total. The fourth-order valence-electron chi connectivity index (χ4n) is 3.94. The largest absolute Gasteiger partial charge is 0.369 e. The number of nitrogens with zero attached hydrogens (tertiary/aromatic N) is 5. The molecule has 2 N–H and O–H groups in total. The van der Waals surface area contributed by atoms with E-state index < -0.39 is 0 Å². The van der Waals surface area contributed by atoms with Crippen molar-refractivity contribution in [2.24, 2.45) is 5.92 Å². The summed E-state index contributed by atoms with van der Waals surface area (Å²) in [7, 11) is 0. The molecule has 2 aromatic rings. The van der Waals surface area contributed by atoms with Gasteiger partial charge in [-0.15, -0.1) is 10.2 Å². The van der Waals surface area contributed by atoms with Crippen molar-refractivity contribution in [3.8, 4) is 16.6 Å². The Morgan fingerprint density at radius 1 is 1.31 bits per heavy atom. The minimum atomic E-state index is -0.297. The van der Waals surface area contributed by atoms with Crippen LogP contribution in [0.5, 0.6) is 0 Å². The maximum Gasteiger partial charge on any atom is 0.243 e. The van der Waals surface area contributed by atoms with Gasteiger partial charge in [0.05, 0.1) is 6.07 Å². The Kier molecular flexibility index (Phi) is 5.92. The number of carbonyl (C=O) groups excluding carboxylic acids is 1. The summed E-state index contributed by atoms with van der Waals surface area (Å²) in [6.45, 7) is 6.98. The molecule has 9 heteroatoms. The Bertz CT molecular complexity index is 885.